The molecule has 0 bridgehead atoms. The van der Waals surface area contributed by atoms with Crippen LogP contribution in [0.25, 0.3) is 10.9 Å². The summed E-state index contributed by atoms with van der Waals surface area (Å²) in [6.45, 7) is 5.21. The van der Waals surface area contributed by atoms with Crippen LogP contribution < -0.4 is 4.74 Å². The highest BCUT2D eigenvalue weighted by Crippen LogP contribution is 2.29. The van der Waals surface area contributed by atoms with Gasteiger partial charge in [-0.2, -0.15) is 0 Å². The number of hydrogen-bond donors (Lipinski definition) is 1. The summed E-state index contributed by atoms with van der Waals surface area (Å²) in [6.07, 6.45) is 0. The molecule has 19 heavy (non-hydrogen) atoms. The Labute approximate surface area is 112 Å². The molecule has 0 spiro atoms. The Kier molecular flexibility index (Phi) is 3.18. The van der Waals surface area contributed by atoms with Gasteiger partial charge in [-0.05, 0) is 50.6 Å². The van der Waals surface area contributed by atoms with E-state index in [0.29, 0.717) is 5.69 Å². The van der Waals surface area contributed by atoms with Gasteiger partial charge in [0.05, 0.1) is 18.3 Å². The van der Waals surface area contributed by atoms with E-state index < -0.39 is 11.4 Å². The molecule has 0 saturated heterocycles. The van der Waals surface area contributed by atoms with Crippen molar-refractivity contribution in [3.8, 4) is 5.75 Å². The number of carboxylic acids is 1. The predicted octanol–water partition coefficient (Wildman–Crippen LogP) is 2.91. The van der Waals surface area contributed by atoms with Crippen molar-refractivity contribution in [2.45, 2.75) is 26.2 Å². The minimum atomic E-state index is -1.00. The number of fused-ring (bicyclic) bond motifs is 1. The van der Waals surface area contributed by atoms with Crippen LogP contribution in [0.3, 0.4) is 0 Å². The molecular weight excluding hydrogens is 242 g/mol. The van der Waals surface area contributed by atoms with Gasteiger partial charge in [0.1, 0.15) is 11.2 Å². The number of pyridine rings is 1. The highest BCUT2D eigenvalue weighted by Gasteiger charge is 2.32. The molecule has 0 radical (unpaired) electrons. The molecule has 1 aromatic carbocycles. The standard InChI is InChI=1S/C15H17NO3/c1-9-7-10-8-11(19-4)5-6-12(10)16-13(9)15(2,3)14(17)18/h5-8H,1-4H3,(H,17,18). The quantitative estimate of drug-likeness (QED) is 0.920. The molecule has 0 aliphatic carbocycles. The number of benzene rings is 1. The molecule has 0 aliphatic heterocycles. The number of aliphatic carboxylic acids is 1. The summed E-state index contributed by atoms with van der Waals surface area (Å²) in [6, 6.07) is 7.51. The number of rotatable bonds is 3. The maximum absolute atomic E-state index is 11.4. The van der Waals surface area contributed by atoms with E-state index in [1.165, 1.54) is 0 Å². The van der Waals surface area contributed by atoms with Crippen molar-refractivity contribution in [1.29, 1.82) is 0 Å². The first-order valence-electron chi connectivity index (χ1n) is 6.05. The van der Waals surface area contributed by atoms with E-state index in [1.54, 1.807) is 21.0 Å². The van der Waals surface area contributed by atoms with Gasteiger partial charge in [-0.1, -0.05) is 0 Å². The Morgan fingerprint density at radius 3 is 2.58 bits per heavy atom. The molecule has 100 valence electrons. The van der Waals surface area contributed by atoms with Crippen molar-refractivity contribution in [2.75, 3.05) is 7.11 Å². The molecule has 1 N–H and O–H groups in total. The fourth-order valence-electron chi connectivity index (χ4n) is 2.12. The van der Waals surface area contributed by atoms with E-state index in [2.05, 4.69) is 4.98 Å². The molecule has 0 fully saturated rings. The molecule has 1 heterocycles. The van der Waals surface area contributed by atoms with Crippen LogP contribution >= 0.6 is 0 Å². The zero-order chi connectivity index (χ0) is 14.2. The summed E-state index contributed by atoms with van der Waals surface area (Å²) in [5, 5.41) is 10.3. The lowest BCUT2D eigenvalue weighted by Gasteiger charge is -2.21. The number of carboxylic acid groups (broad SMARTS) is 1. The van der Waals surface area contributed by atoms with Crippen molar-refractivity contribution in [1.82, 2.24) is 4.98 Å². The highest BCUT2D eigenvalue weighted by molar-refractivity contribution is 5.85. The summed E-state index contributed by atoms with van der Waals surface area (Å²) in [5.74, 6) is -0.116. The highest BCUT2D eigenvalue weighted by atomic mass is 16.5. The largest absolute Gasteiger partial charge is 0.497 e. The van der Waals surface area contributed by atoms with Crippen molar-refractivity contribution in [3.05, 3.63) is 35.5 Å². The van der Waals surface area contributed by atoms with Crippen LogP contribution in [0.4, 0.5) is 0 Å². The summed E-state index contributed by atoms with van der Waals surface area (Å²) in [7, 11) is 1.61. The minimum Gasteiger partial charge on any atom is -0.497 e. The van der Waals surface area contributed by atoms with E-state index in [4.69, 9.17) is 4.74 Å². The molecule has 0 aliphatic rings. The number of carbonyl (C=O) groups is 1. The number of ether oxygens (including phenoxy) is 1. The zero-order valence-corrected chi connectivity index (χ0v) is 11.5. The molecule has 2 aromatic rings. The fraction of sp³-hybridized carbons (Fsp3) is 0.333. The van der Waals surface area contributed by atoms with Crippen LogP contribution in [-0.2, 0) is 10.2 Å². The Morgan fingerprint density at radius 2 is 2.00 bits per heavy atom. The van der Waals surface area contributed by atoms with E-state index >= 15 is 0 Å². The number of hydrogen-bond acceptors (Lipinski definition) is 3. The second-order valence-electron chi connectivity index (χ2n) is 5.14. The molecule has 1 aromatic heterocycles. The lowest BCUT2D eigenvalue weighted by molar-refractivity contribution is -0.142. The first-order chi connectivity index (χ1) is 8.86. The molecule has 4 heteroatoms. The van der Waals surface area contributed by atoms with Gasteiger partial charge in [-0.3, -0.25) is 9.78 Å². The number of methoxy groups -OCH3 is 1. The normalized spacial score (nSPS) is 11.6. The zero-order valence-electron chi connectivity index (χ0n) is 11.5. The first kappa shape index (κ1) is 13.3. The summed E-state index contributed by atoms with van der Waals surface area (Å²) < 4.78 is 5.18. The van der Waals surface area contributed by atoms with Crippen LogP contribution in [0, 0.1) is 6.92 Å². The SMILES string of the molecule is COc1ccc2nc(C(C)(C)C(=O)O)c(C)cc2c1. The summed E-state index contributed by atoms with van der Waals surface area (Å²) >= 11 is 0. The van der Waals surface area contributed by atoms with Crippen molar-refractivity contribution < 1.29 is 14.6 Å². The summed E-state index contributed by atoms with van der Waals surface area (Å²) in [5.41, 5.74) is 1.24. The van der Waals surface area contributed by atoms with Gasteiger partial charge in [-0.25, -0.2) is 0 Å². The van der Waals surface area contributed by atoms with Gasteiger partial charge < -0.3 is 9.84 Å². The van der Waals surface area contributed by atoms with Crippen molar-refractivity contribution >= 4 is 16.9 Å². The lowest BCUT2D eigenvalue weighted by atomic mass is 9.86. The summed E-state index contributed by atoms with van der Waals surface area (Å²) in [4.78, 5) is 15.9. The maximum Gasteiger partial charge on any atom is 0.315 e. The Balaban J connectivity index is 2.66. The second-order valence-corrected chi connectivity index (χ2v) is 5.14. The smallest absolute Gasteiger partial charge is 0.315 e. The monoisotopic (exact) mass is 259 g/mol. The second kappa shape index (κ2) is 4.53. The third-order valence-corrected chi connectivity index (χ3v) is 3.34. The number of nitrogens with zero attached hydrogens (tertiary/aromatic N) is 1. The first-order valence-corrected chi connectivity index (χ1v) is 6.05. The average molecular weight is 259 g/mol. The Hall–Kier alpha value is -2.10. The molecule has 0 saturated carbocycles. The van der Waals surface area contributed by atoms with Gasteiger partial charge in [-0.15, -0.1) is 0 Å². The minimum absolute atomic E-state index is 0.595. The molecule has 0 amide bonds. The van der Waals surface area contributed by atoms with E-state index in [-0.39, 0.29) is 0 Å². The lowest BCUT2D eigenvalue weighted by Crippen LogP contribution is -2.30. The number of aryl methyl sites for hydroxylation is 1. The molecule has 0 atom stereocenters. The van der Waals surface area contributed by atoms with Crippen molar-refractivity contribution in [2.24, 2.45) is 0 Å². The maximum atomic E-state index is 11.4. The Morgan fingerprint density at radius 1 is 1.32 bits per heavy atom. The molecule has 2 rings (SSSR count). The third-order valence-electron chi connectivity index (χ3n) is 3.34. The van der Waals surface area contributed by atoms with Crippen LogP contribution in [0.15, 0.2) is 24.3 Å². The van der Waals surface area contributed by atoms with E-state index in [0.717, 1.165) is 22.2 Å². The van der Waals surface area contributed by atoms with Crippen LogP contribution in [-0.4, -0.2) is 23.2 Å². The van der Waals surface area contributed by atoms with E-state index in [9.17, 15) is 9.90 Å². The molecular formula is C15H17NO3. The fourth-order valence-corrected chi connectivity index (χ4v) is 2.12. The average Bonchev–Trinajstić information content (AvgIpc) is 2.36. The van der Waals surface area contributed by atoms with E-state index in [1.807, 2.05) is 31.2 Å². The van der Waals surface area contributed by atoms with Gasteiger partial charge in [0.2, 0.25) is 0 Å². The predicted molar refractivity (Wildman–Crippen MR) is 73.7 cm³/mol. The third kappa shape index (κ3) is 2.26. The van der Waals surface area contributed by atoms with Gasteiger partial charge >= 0.3 is 5.97 Å². The molecule has 4 nitrogen and oxygen atoms in total. The molecule has 0 unspecified atom stereocenters. The number of aromatic nitrogens is 1. The van der Waals surface area contributed by atoms with Gasteiger partial charge in [0.25, 0.3) is 0 Å². The van der Waals surface area contributed by atoms with Crippen LogP contribution in [0.5, 0.6) is 5.75 Å². The van der Waals surface area contributed by atoms with Crippen LogP contribution in [0.2, 0.25) is 0 Å². The van der Waals surface area contributed by atoms with Crippen molar-refractivity contribution in [3.63, 3.8) is 0 Å². The topological polar surface area (TPSA) is 59.4 Å². The Bertz CT molecular complexity index is 647. The van der Waals surface area contributed by atoms with Gasteiger partial charge in [0, 0.05) is 5.39 Å². The van der Waals surface area contributed by atoms with Crippen LogP contribution in [0.1, 0.15) is 25.1 Å². The van der Waals surface area contributed by atoms with Gasteiger partial charge in [0.15, 0.2) is 0 Å².